The Morgan fingerprint density at radius 3 is 2.83 bits per heavy atom. The summed E-state index contributed by atoms with van der Waals surface area (Å²) < 4.78 is 53.2. The smallest absolute Gasteiger partial charge is 0.319 e. The second kappa shape index (κ2) is 14.7. The molecule has 1 amide bonds. The summed E-state index contributed by atoms with van der Waals surface area (Å²) in [6.07, 6.45) is 12.8. The number of halogens is 3. The molecule has 1 unspecified atom stereocenters. The van der Waals surface area contributed by atoms with Crippen LogP contribution in [0.25, 0.3) is 32.9 Å². The number of amides is 1. The van der Waals surface area contributed by atoms with Crippen LogP contribution in [0.4, 0.5) is 19.0 Å². The fourth-order valence-electron chi connectivity index (χ4n) is 7.34. The number of phenolic OH excluding ortho intramolecular Hbond substituents is 1. The van der Waals surface area contributed by atoms with E-state index in [0.29, 0.717) is 37.3 Å². The molecule has 3 aromatic heterocycles. The van der Waals surface area contributed by atoms with Gasteiger partial charge in [0, 0.05) is 62.0 Å². The molecule has 0 saturated carbocycles. The van der Waals surface area contributed by atoms with E-state index in [-0.39, 0.29) is 76.4 Å². The van der Waals surface area contributed by atoms with Gasteiger partial charge in [0.2, 0.25) is 5.91 Å². The summed E-state index contributed by atoms with van der Waals surface area (Å²) in [5, 5.41) is 14.4. The van der Waals surface area contributed by atoms with Gasteiger partial charge in [-0.25, -0.2) is 23.1 Å². The fourth-order valence-corrected chi connectivity index (χ4v) is 7.34. The molecule has 0 radical (unpaired) electrons. The van der Waals surface area contributed by atoms with Crippen molar-refractivity contribution in [3.63, 3.8) is 0 Å². The molecule has 0 aliphatic carbocycles. The zero-order valence-corrected chi connectivity index (χ0v) is 29.0. The standard InChI is InChI=1S/C39H37F3N8O3/c1-4-28-31(41)10-9-23-14-27(51)15-29(33(23)28)35-34(42)36-30(17-44-35)37(49-13-7-6-8-26(19-49)46-32(52)5-2)48-38(47-36)53-21-39(3)16-24(40)18-50(39)20-25-11-12-43-22-45-25/h1,5,9-12,14-15,17,22,24,26,51H,2,6-8,13,16,18-21H2,3H3,(H,46,52)/t24-,26?,39+/m1/s1. The van der Waals surface area contributed by atoms with E-state index < -0.39 is 23.3 Å². The molecular weight excluding hydrogens is 685 g/mol. The maximum absolute atomic E-state index is 17.0. The number of nitrogens with zero attached hydrogens (tertiary/aromatic N) is 7. The summed E-state index contributed by atoms with van der Waals surface area (Å²) in [4.78, 5) is 38.2. The predicted octanol–water partition coefficient (Wildman–Crippen LogP) is 5.64. The molecule has 53 heavy (non-hydrogen) atoms. The van der Waals surface area contributed by atoms with Crippen molar-refractivity contribution in [2.24, 2.45) is 0 Å². The third kappa shape index (κ3) is 7.17. The number of pyridine rings is 1. The van der Waals surface area contributed by atoms with E-state index in [4.69, 9.17) is 16.1 Å². The van der Waals surface area contributed by atoms with Crippen molar-refractivity contribution in [3.05, 3.63) is 84.6 Å². The number of likely N-dealkylation sites (tertiary alicyclic amines) is 1. The molecular formula is C39H37F3N8O3. The molecule has 272 valence electrons. The molecule has 0 bridgehead atoms. The van der Waals surface area contributed by atoms with E-state index in [1.165, 1.54) is 42.9 Å². The maximum atomic E-state index is 17.0. The molecule has 2 N–H and O–H groups in total. The Bertz CT molecular complexity index is 2250. The number of terminal acetylenes is 1. The summed E-state index contributed by atoms with van der Waals surface area (Å²) in [5.41, 5.74) is -0.460. The van der Waals surface area contributed by atoms with Crippen molar-refractivity contribution < 1.29 is 27.8 Å². The number of hydrogen-bond donors (Lipinski definition) is 2. The first-order chi connectivity index (χ1) is 25.6. The Kier molecular flexibility index (Phi) is 9.85. The Hall–Kier alpha value is -5.81. The molecule has 0 spiro atoms. The number of anilines is 1. The van der Waals surface area contributed by atoms with Crippen molar-refractivity contribution in [1.29, 1.82) is 0 Å². The van der Waals surface area contributed by atoms with Gasteiger partial charge in [-0.15, -0.1) is 6.42 Å². The SMILES string of the molecule is C#Cc1c(F)ccc2cc(O)cc(-c3ncc4c(N5CCCCC(NC(=O)C=C)C5)nc(OC[C@]5(C)C[C@@H](F)CN5Cc5ccncn5)nc4c3F)c12. The normalized spacial score (nSPS) is 20.6. The number of nitrogens with one attached hydrogen (secondary N) is 1. The lowest BCUT2D eigenvalue weighted by molar-refractivity contribution is -0.117. The van der Waals surface area contributed by atoms with Gasteiger partial charge in [0.25, 0.3) is 0 Å². The Morgan fingerprint density at radius 2 is 2.06 bits per heavy atom. The number of carbonyl (C=O) groups is 1. The van der Waals surface area contributed by atoms with Crippen molar-refractivity contribution in [1.82, 2.24) is 35.1 Å². The summed E-state index contributed by atoms with van der Waals surface area (Å²) >= 11 is 0. The molecule has 2 fully saturated rings. The van der Waals surface area contributed by atoms with Crippen LogP contribution in [0.5, 0.6) is 11.8 Å². The van der Waals surface area contributed by atoms with Gasteiger partial charge >= 0.3 is 6.01 Å². The van der Waals surface area contributed by atoms with Crippen molar-refractivity contribution in [2.45, 2.75) is 56.9 Å². The average molecular weight is 723 g/mol. The van der Waals surface area contributed by atoms with Gasteiger partial charge in [-0.1, -0.05) is 18.6 Å². The molecule has 7 rings (SSSR count). The lowest BCUT2D eigenvalue weighted by atomic mass is 9.96. The number of aromatic nitrogens is 5. The number of fused-ring (bicyclic) bond motifs is 2. The quantitative estimate of drug-likeness (QED) is 0.146. The highest BCUT2D eigenvalue weighted by Crippen LogP contribution is 2.39. The van der Waals surface area contributed by atoms with Crippen LogP contribution in [0.3, 0.4) is 0 Å². The average Bonchev–Trinajstić information content (AvgIpc) is 3.27. The Labute approximate surface area is 304 Å². The lowest BCUT2D eigenvalue weighted by Gasteiger charge is -2.34. The topological polar surface area (TPSA) is 129 Å². The molecule has 2 saturated heterocycles. The van der Waals surface area contributed by atoms with Gasteiger partial charge in [0.15, 0.2) is 5.82 Å². The minimum Gasteiger partial charge on any atom is -0.508 e. The first-order valence-electron chi connectivity index (χ1n) is 17.3. The van der Waals surface area contributed by atoms with Gasteiger partial charge in [-0.2, -0.15) is 9.97 Å². The molecule has 2 aliphatic rings. The van der Waals surface area contributed by atoms with Gasteiger partial charge in [-0.05, 0) is 61.9 Å². The molecule has 5 aromatic rings. The van der Waals surface area contributed by atoms with E-state index in [1.807, 2.05) is 16.7 Å². The first kappa shape index (κ1) is 35.6. The van der Waals surface area contributed by atoms with Crippen LogP contribution in [0.2, 0.25) is 0 Å². The van der Waals surface area contributed by atoms with E-state index >= 15 is 4.39 Å². The molecule has 11 nitrogen and oxygen atoms in total. The van der Waals surface area contributed by atoms with E-state index in [0.717, 1.165) is 18.5 Å². The van der Waals surface area contributed by atoms with E-state index in [1.54, 1.807) is 12.3 Å². The maximum Gasteiger partial charge on any atom is 0.319 e. The van der Waals surface area contributed by atoms with Crippen LogP contribution in [0.15, 0.2) is 61.7 Å². The summed E-state index contributed by atoms with van der Waals surface area (Å²) in [6.45, 7) is 6.83. The number of ether oxygens (including phenoxy) is 1. The van der Waals surface area contributed by atoms with Crippen molar-refractivity contribution >= 4 is 33.4 Å². The Balaban J connectivity index is 1.33. The van der Waals surface area contributed by atoms with Gasteiger partial charge in [0.05, 0.1) is 22.2 Å². The lowest BCUT2D eigenvalue weighted by Crippen LogP contribution is -2.45. The van der Waals surface area contributed by atoms with E-state index in [9.17, 15) is 18.7 Å². The van der Waals surface area contributed by atoms with Crippen molar-refractivity contribution in [2.75, 3.05) is 31.1 Å². The number of alkyl halides is 1. The third-order valence-electron chi connectivity index (χ3n) is 9.95. The minimum atomic E-state index is -1.11. The zero-order valence-electron chi connectivity index (χ0n) is 29.0. The van der Waals surface area contributed by atoms with Gasteiger partial charge in [0.1, 0.15) is 47.7 Å². The van der Waals surface area contributed by atoms with Gasteiger partial charge < -0.3 is 20.1 Å². The number of benzene rings is 2. The largest absolute Gasteiger partial charge is 0.508 e. The minimum absolute atomic E-state index is 0.0248. The van der Waals surface area contributed by atoms with Crippen LogP contribution in [0.1, 0.15) is 43.9 Å². The van der Waals surface area contributed by atoms with Crippen LogP contribution in [-0.4, -0.2) is 84.8 Å². The second-order valence-electron chi connectivity index (χ2n) is 13.7. The van der Waals surface area contributed by atoms with Crippen LogP contribution in [-0.2, 0) is 11.3 Å². The van der Waals surface area contributed by atoms with Crippen LogP contribution < -0.4 is 15.0 Å². The van der Waals surface area contributed by atoms with Crippen LogP contribution >= 0.6 is 0 Å². The van der Waals surface area contributed by atoms with Gasteiger partial charge in [-0.3, -0.25) is 14.7 Å². The highest BCUT2D eigenvalue weighted by Gasteiger charge is 2.43. The molecule has 14 heteroatoms. The molecule has 5 heterocycles. The Morgan fingerprint density at radius 1 is 1.21 bits per heavy atom. The summed E-state index contributed by atoms with van der Waals surface area (Å²) in [5.74, 6) is 0.615. The zero-order chi connectivity index (χ0) is 37.3. The summed E-state index contributed by atoms with van der Waals surface area (Å²) in [7, 11) is 0. The number of phenols is 1. The first-order valence-corrected chi connectivity index (χ1v) is 17.3. The molecule has 2 aliphatic heterocycles. The molecule has 3 atom stereocenters. The number of hydrogen-bond acceptors (Lipinski definition) is 10. The predicted molar refractivity (Wildman–Crippen MR) is 194 cm³/mol. The van der Waals surface area contributed by atoms with Crippen molar-refractivity contribution in [3.8, 4) is 35.4 Å². The number of rotatable bonds is 9. The fraction of sp³-hybridized carbons (Fsp3) is 0.333. The second-order valence-corrected chi connectivity index (χ2v) is 13.7. The summed E-state index contributed by atoms with van der Waals surface area (Å²) in [6, 6.07) is 6.68. The third-order valence-corrected chi connectivity index (χ3v) is 9.95. The molecule has 2 aromatic carbocycles. The highest BCUT2D eigenvalue weighted by molar-refractivity contribution is 6.03. The number of aromatic hydroxyl groups is 1. The monoisotopic (exact) mass is 722 g/mol. The van der Waals surface area contributed by atoms with E-state index in [2.05, 4.69) is 37.8 Å². The highest BCUT2D eigenvalue weighted by atomic mass is 19.1. The van der Waals surface area contributed by atoms with Crippen LogP contribution in [0, 0.1) is 24.0 Å². The number of carbonyl (C=O) groups excluding carboxylic acids is 1.